The number of anilines is 1. The molecule has 17 heavy (non-hydrogen) atoms. The second-order valence-corrected chi connectivity index (χ2v) is 5.25. The number of para-hydroxylation sites is 1. The van der Waals surface area contributed by atoms with Crippen LogP contribution in [0.25, 0.3) is 0 Å². The van der Waals surface area contributed by atoms with Crippen LogP contribution in [0.1, 0.15) is 5.56 Å². The third kappa shape index (κ3) is 3.07. The first-order valence-electron chi connectivity index (χ1n) is 5.10. The molecule has 0 aromatic heterocycles. The first kappa shape index (κ1) is 12.6. The summed E-state index contributed by atoms with van der Waals surface area (Å²) in [7, 11) is 0. The van der Waals surface area contributed by atoms with Crippen molar-refractivity contribution in [2.75, 3.05) is 5.32 Å². The van der Waals surface area contributed by atoms with E-state index in [2.05, 4.69) is 37.2 Å². The molecule has 88 valence electrons. The number of hydrogen-bond acceptors (Lipinski definition) is 1. The van der Waals surface area contributed by atoms with Crippen LogP contribution < -0.4 is 5.32 Å². The van der Waals surface area contributed by atoms with E-state index in [9.17, 15) is 4.39 Å². The van der Waals surface area contributed by atoms with Gasteiger partial charge in [0.15, 0.2) is 0 Å². The fourth-order valence-electron chi connectivity index (χ4n) is 1.49. The summed E-state index contributed by atoms with van der Waals surface area (Å²) in [5.74, 6) is -0.192. The molecule has 0 saturated heterocycles. The Morgan fingerprint density at radius 3 is 2.24 bits per heavy atom. The molecule has 0 unspecified atom stereocenters. The Kier molecular flexibility index (Phi) is 4.18. The molecule has 0 bridgehead atoms. The number of rotatable bonds is 3. The molecular weight excluding hydrogens is 349 g/mol. The summed E-state index contributed by atoms with van der Waals surface area (Å²) in [5.41, 5.74) is 1.57. The van der Waals surface area contributed by atoms with Gasteiger partial charge in [-0.2, -0.15) is 0 Å². The van der Waals surface area contributed by atoms with Crippen LogP contribution in [0.2, 0.25) is 0 Å². The van der Waals surface area contributed by atoms with E-state index in [0.717, 1.165) is 14.6 Å². The largest absolute Gasteiger partial charge is 0.379 e. The van der Waals surface area contributed by atoms with E-state index in [0.29, 0.717) is 12.1 Å². The molecule has 0 amide bonds. The Labute approximate surface area is 116 Å². The van der Waals surface area contributed by atoms with Gasteiger partial charge < -0.3 is 5.32 Å². The maximum Gasteiger partial charge on any atom is 0.128 e. The lowest BCUT2D eigenvalue weighted by atomic mass is 10.2. The van der Waals surface area contributed by atoms with Gasteiger partial charge >= 0.3 is 0 Å². The molecule has 1 N–H and O–H groups in total. The highest BCUT2D eigenvalue weighted by Gasteiger charge is 2.05. The highest BCUT2D eigenvalue weighted by Crippen LogP contribution is 2.30. The maximum atomic E-state index is 13.4. The zero-order chi connectivity index (χ0) is 12.3. The quantitative estimate of drug-likeness (QED) is 0.817. The normalized spacial score (nSPS) is 10.3. The maximum absolute atomic E-state index is 13.4. The second kappa shape index (κ2) is 5.65. The van der Waals surface area contributed by atoms with Crippen molar-refractivity contribution in [2.45, 2.75) is 6.54 Å². The van der Waals surface area contributed by atoms with E-state index < -0.39 is 0 Å². The molecule has 1 nitrogen and oxygen atoms in total. The molecule has 0 saturated carbocycles. The minimum Gasteiger partial charge on any atom is -0.379 e. The van der Waals surface area contributed by atoms with Gasteiger partial charge in [0.2, 0.25) is 0 Å². The minimum atomic E-state index is -0.192. The molecule has 2 rings (SSSR count). The van der Waals surface area contributed by atoms with Crippen LogP contribution in [-0.4, -0.2) is 0 Å². The van der Waals surface area contributed by atoms with Gasteiger partial charge in [-0.05, 0) is 50.1 Å². The van der Waals surface area contributed by atoms with Gasteiger partial charge in [0.05, 0.1) is 5.69 Å². The van der Waals surface area contributed by atoms with Crippen molar-refractivity contribution in [2.24, 2.45) is 0 Å². The molecule has 0 aliphatic rings. The molecule has 0 radical (unpaired) electrons. The lowest BCUT2D eigenvalue weighted by Crippen LogP contribution is -2.02. The SMILES string of the molecule is Fc1ccccc1CNc1c(Br)cccc1Br. The average molecular weight is 359 g/mol. The highest BCUT2D eigenvalue weighted by atomic mass is 79.9. The lowest BCUT2D eigenvalue weighted by molar-refractivity contribution is 0.613. The molecule has 4 heteroatoms. The summed E-state index contributed by atoms with van der Waals surface area (Å²) in [4.78, 5) is 0. The summed E-state index contributed by atoms with van der Waals surface area (Å²) in [6.07, 6.45) is 0. The summed E-state index contributed by atoms with van der Waals surface area (Å²) >= 11 is 6.91. The van der Waals surface area contributed by atoms with Crippen molar-refractivity contribution in [3.05, 3.63) is 62.8 Å². The number of nitrogens with one attached hydrogen (secondary N) is 1. The Morgan fingerprint density at radius 2 is 1.59 bits per heavy atom. The Hall–Kier alpha value is -0.870. The summed E-state index contributed by atoms with van der Waals surface area (Å²) < 4.78 is 15.3. The number of benzene rings is 2. The first-order valence-corrected chi connectivity index (χ1v) is 6.68. The molecule has 0 heterocycles. The van der Waals surface area contributed by atoms with E-state index in [1.54, 1.807) is 12.1 Å². The van der Waals surface area contributed by atoms with Crippen molar-refractivity contribution >= 4 is 37.5 Å². The summed E-state index contributed by atoms with van der Waals surface area (Å²) in [6.45, 7) is 0.452. The third-order valence-corrected chi connectivity index (χ3v) is 3.70. The molecule has 0 aliphatic carbocycles. The zero-order valence-corrected chi connectivity index (χ0v) is 12.1. The fourth-order valence-corrected chi connectivity index (χ4v) is 2.77. The Balaban J connectivity index is 2.16. The molecule has 0 atom stereocenters. The van der Waals surface area contributed by atoms with Crippen LogP contribution in [0.4, 0.5) is 10.1 Å². The predicted molar refractivity (Wildman–Crippen MR) is 75.6 cm³/mol. The predicted octanol–water partition coefficient (Wildman–Crippen LogP) is 4.96. The van der Waals surface area contributed by atoms with E-state index in [1.165, 1.54) is 6.07 Å². The van der Waals surface area contributed by atoms with Crippen molar-refractivity contribution < 1.29 is 4.39 Å². The minimum absolute atomic E-state index is 0.192. The van der Waals surface area contributed by atoms with Crippen LogP contribution in [0.5, 0.6) is 0 Å². The van der Waals surface area contributed by atoms with Crippen molar-refractivity contribution in [3.8, 4) is 0 Å². The Bertz CT molecular complexity index is 508. The molecule has 2 aromatic carbocycles. The van der Waals surface area contributed by atoms with E-state index >= 15 is 0 Å². The number of halogens is 3. The van der Waals surface area contributed by atoms with Crippen molar-refractivity contribution in [3.63, 3.8) is 0 Å². The van der Waals surface area contributed by atoms with E-state index in [4.69, 9.17) is 0 Å². The zero-order valence-electron chi connectivity index (χ0n) is 8.88. The molecule has 0 aliphatic heterocycles. The van der Waals surface area contributed by atoms with Gasteiger partial charge in [0.25, 0.3) is 0 Å². The van der Waals surface area contributed by atoms with Gasteiger partial charge in [-0.25, -0.2) is 4.39 Å². The fraction of sp³-hybridized carbons (Fsp3) is 0.0769. The smallest absolute Gasteiger partial charge is 0.128 e. The van der Waals surface area contributed by atoms with Gasteiger partial charge in [-0.15, -0.1) is 0 Å². The monoisotopic (exact) mass is 357 g/mol. The van der Waals surface area contributed by atoms with E-state index in [-0.39, 0.29) is 5.82 Å². The third-order valence-electron chi connectivity index (χ3n) is 2.38. The average Bonchev–Trinajstić information content (AvgIpc) is 2.30. The highest BCUT2D eigenvalue weighted by molar-refractivity contribution is 9.11. The van der Waals surface area contributed by atoms with Gasteiger partial charge in [-0.1, -0.05) is 24.3 Å². The van der Waals surface area contributed by atoms with Crippen molar-refractivity contribution in [1.29, 1.82) is 0 Å². The van der Waals surface area contributed by atoms with Crippen LogP contribution in [0, 0.1) is 5.82 Å². The first-order chi connectivity index (χ1) is 8.18. The van der Waals surface area contributed by atoms with Crippen molar-refractivity contribution in [1.82, 2.24) is 0 Å². The van der Waals surface area contributed by atoms with Gasteiger partial charge in [0.1, 0.15) is 5.82 Å². The molecule has 2 aromatic rings. The van der Waals surface area contributed by atoms with Crippen LogP contribution >= 0.6 is 31.9 Å². The second-order valence-electron chi connectivity index (χ2n) is 3.54. The standard InChI is InChI=1S/C13H10Br2FN/c14-10-5-3-6-11(15)13(10)17-8-9-4-1-2-7-12(9)16/h1-7,17H,8H2. The lowest BCUT2D eigenvalue weighted by Gasteiger charge is -2.11. The molecular formula is C13H10Br2FN. The molecule has 0 spiro atoms. The van der Waals surface area contributed by atoms with Crippen LogP contribution in [-0.2, 0) is 6.54 Å². The van der Waals surface area contributed by atoms with Crippen LogP contribution in [0.15, 0.2) is 51.4 Å². The summed E-state index contributed by atoms with van der Waals surface area (Å²) in [5, 5.41) is 3.20. The summed E-state index contributed by atoms with van der Waals surface area (Å²) in [6, 6.07) is 12.6. The topological polar surface area (TPSA) is 12.0 Å². The van der Waals surface area contributed by atoms with Gasteiger partial charge in [-0.3, -0.25) is 0 Å². The number of hydrogen-bond donors (Lipinski definition) is 1. The van der Waals surface area contributed by atoms with Gasteiger partial charge in [0, 0.05) is 21.1 Å². The Morgan fingerprint density at radius 1 is 0.941 bits per heavy atom. The van der Waals surface area contributed by atoms with E-state index in [1.807, 2.05) is 24.3 Å². The van der Waals surface area contributed by atoms with Crippen LogP contribution in [0.3, 0.4) is 0 Å². The molecule has 0 fully saturated rings.